The number of fused-ring (bicyclic) bond motifs is 1. The van der Waals surface area contributed by atoms with Crippen molar-refractivity contribution in [2.75, 3.05) is 45.2 Å². The fourth-order valence-electron chi connectivity index (χ4n) is 3.98. The first-order valence-corrected chi connectivity index (χ1v) is 10.8. The van der Waals surface area contributed by atoms with Gasteiger partial charge in [-0.25, -0.2) is 0 Å². The number of likely N-dealkylation sites (N-methyl/N-ethyl adjacent to an activating group) is 1. The molecule has 10 heteroatoms. The largest absolute Gasteiger partial charge is 0.497 e. The van der Waals surface area contributed by atoms with E-state index in [-0.39, 0.29) is 36.9 Å². The Morgan fingerprint density at radius 3 is 2.46 bits per heavy atom. The molecule has 1 aliphatic rings. The molecule has 0 saturated carbocycles. The van der Waals surface area contributed by atoms with Gasteiger partial charge in [-0.1, -0.05) is 29.4 Å². The summed E-state index contributed by atoms with van der Waals surface area (Å²) in [6.45, 7) is 4.42. The summed E-state index contributed by atoms with van der Waals surface area (Å²) in [4.78, 5) is 9.27. The first kappa shape index (κ1) is 28.2. The van der Waals surface area contributed by atoms with Crippen LogP contribution in [0.25, 0.3) is 22.2 Å². The predicted octanol–water partition coefficient (Wildman–Crippen LogP) is 4.25. The Morgan fingerprint density at radius 2 is 1.69 bits per heavy atom. The molecule has 8 nitrogen and oxygen atoms in total. The Bertz CT molecular complexity index is 1230. The lowest BCUT2D eigenvalue weighted by molar-refractivity contribution is 0.287. The summed E-state index contributed by atoms with van der Waals surface area (Å²) in [6.07, 6.45) is 0. The first-order chi connectivity index (χ1) is 15.7. The third kappa shape index (κ3) is 6.35. The van der Waals surface area contributed by atoms with Crippen LogP contribution in [-0.2, 0) is 6.61 Å². The Labute approximate surface area is 216 Å². The summed E-state index contributed by atoms with van der Waals surface area (Å²) in [5, 5.41) is 6.46. The Balaban J connectivity index is 0.00000144. The molecular formula is C25H30Cl2N4O4. The van der Waals surface area contributed by atoms with E-state index in [1.54, 1.807) is 7.11 Å². The second-order valence-electron chi connectivity index (χ2n) is 7.99. The van der Waals surface area contributed by atoms with Crippen molar-refractivity contribution in [1.29, 1.82) is 0 Å². The minimum absolute atomic E-state index is 0. The maximum Gasteiger partial charge on any atom is 0.258 e. The second kappa shape index (κ2) is 12.6. The zero-order valence-electron chi connectivity index (χ0n) is 19.6. The van der Waals surface area contributed by atoms with Crippen molar-refractivity contribution in [3.8, 4) is 23.0 Å². The topological polar surface area (TPSA) is 95.4 Å². The third-order valence-corrected chi connectivity index (χ3v) is 5.83. The number of hydrogen-bond donors (Lipinski definition) is 0. The molecule has 3 aromatic carbocycles. The second-order valence-corrected chi connectivity index (χ2v) is 7.99. The number of anilines is 1. The van der Waals surface area contributed by atoms with Crippen LogP contribution in [0.2, 0.25) is 0 Å². The molecule has 0 bridgehead atoms. The van der Waals surface area contributed by atoms with Crippen molar-refractivity contribution in [1.82, 2.24) is 15.0 Å². The number of benzene rings is 3. The number of hydrogen-bond acceptors (Lipinski definition) is 7. The normalized spacial score (nSPS) is 13.4. The van der Waals surface area contributed by atoms with Crippen LogP contribution in [0.4, 0.5) is 5.69 Å². The Kier molecular flexibility index (Phi) is 10.2. The number of piperazine rings is 1. The highest BCUT2D eigenvalue weighted by Gasteiger charge is 2.17. The van der Waals surface area contributed by atoms with E-state index in [0.29, 0.717) is 11.7 Å². The number of rotatable bonds is 6. The minimum Gasteiger partial charge on any atom is -0.497 e. The molecular weight excluding hydrogens is 491 g/mol. The molecule has 0 radical (unpaired) electrons. The zero-order valence-corrected chi connectivity index (χ0v) is 21.3. The average Bonchev–Trinajstić information content (AvgIpc) is 3.32. The molecule has 0 amide bonds. The van der Waals surface area contributed by atoms with Crippen LogP contribution < -0.4 is 14.4 Å². The van der Waals surface area contributed by atoms with Crippen LogP contribution in [0, 0.1) is 0 Å². The molecule has 0 spiro atoms. The molecule has 0 unspecified atom stereocenters. The third-order valence-electron chi connectivity index (χ3n) is 5.83. The molecule has 5 rings (SSSR count). The lowest BCUT2D eigenvalue weighted by atomic mass is 10.1. The van der Waals surface area contributed by atoms with Crippen molar-refractivity contribution < 1.29 is 19.5 Å². The summed E-state index contributed by atoms with van der Waals surface area (Å²) < 4.78 is 16.7. The van der Waals surface area contributed by atoms with Gasteiger partial charge in [0.05, 0.1) is 7.11 Å². The van der Waals surface area contributed by atoms with E-state index in [4.69, 9.17) is 14.0 Å². The summed E-state index contributed by atoms with van der Waals surface area (Å²) in [6, 6.07) is 20.2. The maximum atomic E-state index is 6.02. The monoisotopic (exact) mass is 520 g/mol. The molecule has 1 saturated heterocycles. The quantitative estimate of drug-likeness (QED) is 0.374. The molecule has 2 heterocycles. The number of nitrogens with zero attached hydrogens (tertiary/aromatic N) is 4. The van der Waals surface area contributed by atoms with E-state index in [1.807, 2.05) is 30.3 Å². The van der Waals surface area contributed by atoms with Crippen LogP contribution in [0.5, 0.6) is 11.5 Å². The van der Waals surface area contributed by atoms with Crippen molar-refractivity contribution >= 4 is 41.3 Å². The number of methoxy groups -OCH3 is 1. The highest BCUT2D eigenvalue weighted by molar-refractivity contribution is 5.95. The summed E-state index contributed by atoms with van der Waals surface area (Å²) >= 11 is 0. The molecule has 1 aromatic heterocycles. The van der Waals surface area contributed by atoms with Crippen molar-refractivity contribution in [2.45, 2.75) is 6.61 Å². The molecule has 2 N–H and O–H groups in total. The fraction of sp³-hybridized carbons (Fsp3) is 0.280. The lowest BCUT2D eigenvalue weighted by Crippen LogP contribution is -2.44. The molecule has 0 aliphatic carbocycles. The summed E-state index contributed by atoms with van der Waals surface area (Å²) in [5.41, 5.74) is 2.06. The zero-order chi connectivity index (χ0) is 21.9. The first-order valence-electron chi connectivity index (χ1n) is 10.8. The van der Waals surface area contributed by atoms with Gasteiger partial charge in [0.15, 0.2) is 6.61 Å². The SMILES string of the molecule is COc1cccc(-c2nc(COc3ccc4cccc(N5CCN(C)CC5)c4c3)no2)c1.Cl.Cl.O. The van der Waals surface area contributed by atoms with E-state index in [0.717, 1.165) is 43.2 Å². The van der Waals surface area contributed by atoms with Crippen LogP contribution in [0.15, 0.2) is 65.2 Å². The summed E-state index contributed by atoms with van der Waals surface area (Å²) in [5.74, 6) is 2.46. The van der Waals surface area contributed by atoms with Gasteiger partial charge in [-0.2, -0.15) is 4.98 Å². The Hall–Kier alpha value is -3.04. The van der Waals surface area contributed by atoms with Crippen molar-refractivity contribution in [3.05, 3.63) is 66.5 Å². The summed E-state index contributed by atoms with van der Waals surface area (Å²) in [7, 11) is 3.80. The van der Waals surface area contributed by atoms with Gasteiger partial charge >= 0.3 is 0 Å². The molecule has 35 heavy (non-hydrogen) atoms. The van der Waals surface area contributed by atoms with E-state index in [9.17, 15) is 0 Å². The molecule has 4 aromatic rings. The number of aromatic nitrogens is 2. The smallest absolute Gasteiger partial charge is 0.258 e. The van der Waals surface area contributed by atoms with Crippen molar-refractivity contribution in [3.63, 3.8) is 0 Å². The van der Waals surface area contributed by atoms with E-state index >= 15 is 0 Å². The van der Waals surface area contributed by atoms with Gasteiger partial charge in [-0.15, -0.1) is 24.8 Å². The minimum atomic E-state index is 0. The van der Waals surface area contributed by atoms with Gasteiger partial charge in [-0.05, 0) is 48.8 Å². The predicted molar refractivity (Wildman–Crippen MR) is 142 cm³/mol. The molecule has 0 atom stereocenters. The molecule has 1 fully saturated rings. The van der Waals surface area contributed by atoms with Gasteiger partial charge in [0.1, 0.15) is 11.5 Å². The van der Waals surface area contributed by atoms with Gasteiger partial charge in [-0.3, -0.25) is 0 Å². The highest BCUT2D eigenvalue weighted by Crippen LogP contribution is 2.31. The van der Waals surface area contributed by atoms with Crippen LogP contribution in [0.1, 0.15) is 5.82 Å². The number of halogens is 2. The van der Waals surface area contributed by atoms with Crippen molar-refractivity contribution in [2.24, 2.45) is 0 Å². The molecule has 188 valence electrons. The van der Waals surface area contributed by atoms with Gasteiger partial charge < -0.3 is 29.3 Å². The van der Waals surface area contributed by atoms with Crippen LogP contribution in [0.3, 0.4) is 0 Å². The van der Waals surface area contributed by atoms with Gasteiger partial charge in [0.25, 0.3) is 5.89 Å². The highest BCUT2D eigenvalue weighted by atomic mass is 35.5. The number of ether oxygens (including phenoxy) is 2. The Morgan fingerprint density at radius 1 is 0.914 bits per heavy atom. The van der Waals surface area contributed by atoms with E-state index in [1.165, 1.54) is 16.5 Å². The average molecular weight is 521 g/mol. The fourth-order valence-corrected chi connectivity index (χ4v) is 3.98. The molecule has 1 aliphatic heterocycles. The van der Waals surface area contributed by atoms with Gasteiger partial charge in [0, 0.05) is 42.8 Å². The van der Waals surface area contributed by atoms with E-state index < -0.39 is 0 Å². The lowest BCUT2D eigenvalue weighted by Gasteiger charge is -2.34. The van der Waals surface area contributed by atoms with Gasteiger partial charge in [0.2, 0.25) is 5.82 Å². The van der Waals surface area contributed by atoms with Crippen LogP contribution >= 0.6 is 24.8 Å². The van der Waals surface area contributed by atoms with Crippen LogP contribution in [-0.4, -0.2) is 60.9 Å². The van der Waals surface area contributed by atoms with E-state index in [2.05, 4.69) is 57.3 Å². The standard InChI is InChI=1S/C25H26N4O3.2ClH.H2O/c1-28-11-13-29(14-12-28)23-8-4-5-18-9-10-21(16-22(18)23)31-17-24-26-25(32-27-24)19-6-3-7-20(15-19)30-2;;;/h3-10,15-16H,11-14,17H2,1-2H3;2*1H;1H2. The maximum absolute atomic E-state index is 6.02.